The van der Waals surface area contributed by atoms with Crippen molar-refractivity contribution >= 4 is 44.8 Å². The van der Waals surface area contributed by atoms with Gasteiger partial charge in [-0.05, 0) is 47.4 Å². The average molecular weight is 429 g/mol. The number of hydrogen-bond acceptors (Lipinski definition) is 6. The van der Waals surface area contributed by atoms with Gasteiger partial charge >= 0.3 is 5.97 Å². The van der Waals surface area contributed by atoms with Crippen molar-refractivity contribution in [3.8, 4) is 0 Å². The Morgan fingerprint density at radius 3 is 2.83 bits per heavy atom. The van der Waals surface area contributed by atoms with Crippen molar-refractivity contribution in [1.29, 1.82) is 0 Å². The number of amides is 1. The molecule has 5 nitrogen and oxygen atoms in total. The summed E-state index contributed by atoms with van der Waals surface area (Å²) in [5.74, 6) is -0.602. The van der Waals surface area contributed by atoms with Crippen LogP contribution in [0.3, 0.4) is 0 Å². The van der Waals surface area contributed by atoms with Crippen LogP contribution in [0.15, 0.2) is 41.1 Å². The Bertz CT molecular complexity index is 950. The fourth-order valence-electron chi connectivity index (χ4n) is 3.85. The fraction of sp³-hybridized carbons (Fsp3) is 0.409. The Hall–Kier alpha value is -2.25. The van der Waals surface area contributed by atoms with Gasteiger partial charge in [-0.2, -0.15) is 11.3 Å². The maximum absolute atomic E-state index is 12.8. The highest BCUT2D eigenvalue weighted by atomic mass is 32.1. The molecule has 3 aromatic rings. The number of nitrogens with zero attached hydrogens (tertiary/aromatic N) is 2. The number of para-hydroxylation sites is 1. The number of carbonyl (C=O) groups is 2. The molecule has 2 aromatic heterocycles. The van der Waals surface area contributed by atoms with Crippen LogP contribution >= 0.6 is 22.7 Å². The summed E-state index contributed by atoms with van der Waals surface area (Å²) in [6, 6.07) is 10.1. The lowest BCUT2D eigenvalue weighted by Crippen LogP contribution is -2.33. The summed E-state index contributed by atoms with van der Waals surface area (Å²) in [6.45, 7) is 0.320. The van der Waals surface area contributed by atoms with E-state index in [-0.39, 0.29) is 30.3 Å². The number of rotatable bonds is 6. The van der Waals surface area contributed by atoms with Gasteiger partial charge in [0.25, 0.3) is 5.91 Å². The van der Waals surface area contributed by atoms with Crippen LogP contribution in [0, 0.1) is 5.92 Å². The molecule has 7 heteroatoms. The maximum atomic E-state index is 12.8. The van der Waals surface area contributed by atoms with Crippen molar-refractivity contribution in [1.82, 2.24) is 9.88 Å². The number of ether oxygens (including phenoxy) is 1. The molecule has 0 N–H and O–H groups in total. The molecule has 29 heavy (non-hydrogen) atoms. The van der Waals surface area contributed by atoms with Gasteiger partial charge in [0.2, 0.25) is 0 Å². The van der Waals surface area contributed by atoms with Crippen LogP contribution in [0.25, 0.3) is 10.2 Å². The van der Waals surface area contributed by atoms with E-state index in [9.17, 15) is 9.59 Å². The first kappa shape index (κ1) is 20.0. The van der Waals surface area contributed by atoms with Crippen LogP contribution in [0.1, 0.15) is 42.2 Å². The van der Waals surface area contributed by atoms with Crippen molar-refractivity contribution < 1.29 is 14.3 Å². The normalized spacial score (nSPS) is 19.2. The van der Waals surface area contributed by atoms with E-state index in [1.54, 1.807) is 34.6 Å². The van der Waals surface area contributed by atoms with E-state index in [0.29, 0.717) is 6.54 Å². The monoisotopic (exact) mass is 428 g/mol. The Morgan fingerprint density at radius 1 is 1.21 bits per heavy atom. The summed E-state index contributed by atoms with van der Waals surface area (Å²) in [7, 11) is 1.73. The van der Waals surface area contributed by atoms with E-state index in [1.807, 2.05) is 35.0 Å². The molecule has 0 radical (unpaired) electrons. The third-order valence-electron chi connectivity index (χ3n) is 5.46. The number of hydrogen-bond donors (Lipinski definition) is 0. The minimum Gasteiger partial charge on any atom is -0.455 e. The Kier molecular flexibility index (Phi) is 6.25. The summed E-state index contributed by atoms with van der Waals surface area (Å²) in [6.07, 6.45) is 3.82. The molecule has 1 aliphatic rings. The first-order valence-corrected chi connectivity index (χ1v) is 11.6. The van der Waals surface area contributed by atoms with E-state index >= 15 is 0 Å². The first-order valence-electron chi connectivity index (χ1n) is 9.89. The number of fused-ring (bicyclic) bond motifs is 1. The molecule has 2 atom stereocenters. The van der Waals surface area contributed by atoms with Gasteiger partial charge in [0.1, 0.15) is 0 Å². The number of esters is 1. The van der Waals surface area contributed by atoms with Gasteiger partial charge in [-0.15, -0.1) is 11.3 Å². The standard InChI is InChI=1S/C22H24N2O3S2/c1-24(12-15-10-11-28-14-15)20(25)13-27-22(26)17-7-3-2-6-16(17)21-23-18-8-4-5-9-19(18)29-21/h4-5,8-11,14,16-17H,2-3,6-7,12-13H2,1H3. The lowest BCUT2D eigenvalue weighted by molar-refractivity contribution is -0.156. The van der Waals surface area contributed by atoms with Gasteiger partial charge in [0.05, 0.1) is 21.1 Å². The molecule has 2 unspecified atom stereocenters. The summed E-state index contributed by atoms with van der Waals surface area (Å²) >= 11 is 3.26. The van der Waals surface area contributed by atoms with Gasteiger partial charge in [-0.3, -0.25) is 9.59 Å². The second kappa shape index (κ2) is 9.05. The molecule has 1 aliphatic carbocycles. The van der Waals surface area contributed by atoms with Crippen molar-refractivity contribution in [2.45, 2.75) is 38.1 Å². The van der Waals surface area contributed by atoms with Crippen LogP contribution in [-0.4, -0.2) is 35.4 Å². The molecule has 1 aromatic carbocycles. The zero-order valence-corrected chi connectivity index (χ0v) is 18.0. The Labute approximate surface area is 178 Å². The van der Waals surface area contributed by atoms with E-state index in [0.717, 1.165) is 46.5 Å². The number of benzene rings is 1. The van der Waals surface area contributed by atoms with Crippen LogP contribution in [0.5, 0.6) is 0 Å². The molecular formula is C22H24N2O3S2. The van der Waals surface area contributed by atoms with Crippen molar-refractivity contribution in [2.24, 2.45) is 5.92 Å². The largest absolute Gasteiger partial charge is 0.455 e. The highest BCUT2D eigenvalue weighted by Gasteiger charge is 2.35. The van der Waals surface area contributed by atoms with Crippen molar-refractivity contribution in [3.05, 3.63) is 51.7 Å². The van der Waals surface area contributed by atoms with E-state index in [4.69, 9.17) is 9.72 Å². The maximum Gasteiger partial charge on any atom is 0.310 e. The van der Waals surface area contributed by atoms with E-state index in [1.165, 1.54) is 0 Å². The van der Waals surface area contributed by atoms with Gasteiger partial charge < -0.3 is 9.64 Å². The quantitative estimate of drug-likeness (QED) is 0.528. The molecule has 1 saturated carbocycles. The molecule has 0 aliphatic heterocycles. The molecule has 0 bridgehead atoms. The van der Waals surface area contributed by atoms with Crippen LogP contribution < -0.4 is 0 Å². The number of thiophene rings is 1. The molecule has 152 valence electrons. The summed E-state index contributed by atoms with van der Waals surface area (Å²) in [5.41, 5.74) is 2.07. The molecule has 1 amide bonds. The van der Waals surface area contributed by atoms with Gasteiger partial charge in [0, 0.05) is 19.5 Å². The number of carbonyl (C=O) groups excluding carboxylic acids is 2. The lowest BCUT2D eigenvalue weighted by atomic mass is 9.79. The third-order valence-corrected chi connectivity index (χ3v) is 7.36. The zero-order chi connectivity index (χ0) is 20.2. The lowest BCUT2D eigenvalue weighted by Gasteiger charge is -2.28. The summed E-state index contributed by atoms with van der Waals surface area (Å²) < 4.78 is 6.60. The predicted octanol–water partition coefficient (Wildman–Crippen LogP) is 4.83. The third kappa shape index (κ3) is 4.67. The average Bonchev–Trinajstić information content (AvgIpc) is 3.41. The minimum absolute atomic E-state index is 0.0762. The summed E-state index contributed by atoms with van der Waals surface area (Å²) in [5, 5.41) is 5.01. The van der Waals surface area contributed by atoms with Gasteiger partial charge in [0.15, 0.2) is 6.61 Å². The topological polar surface area (TPSA) is 59.5 Å². The highest BCUT2D eigenvalue weighted by molar-refractivity contribution is 7.18. The van der Waals surface area contributed by atoms with E-state index < -0.39 is 0 Å². The van der Waals surface area contributed by atoms with Crippen LogP contribution in [0.4, 0.5) is 0 Å². The zero-order valence-electron chi connectivity index (χ0n) is 16.4. The highest BCUT2D eigenvalue weighted by Crippen LogP contribution is 2.41. The van der Waals surface area contributed by atoms with E-state index in [2.05, 4.69) is 6.07 Å². The number of aromatic nitrogens is 1. The molecule has 0 saturated heterocycles. The Balaban J connectivity index is 1.39. The van der Waals surface area contributed by atoms with Crippen LogP contribution in [-0.2, 0) is 20.9 Å². The minimum atomic E-state index is -0.272. The summed E-state index contributed by atoms with van der Waals surface area (Å²) in [4.78, 5) is 31.6. The Morgan fingerprint density at radius 2 is 2.03 bits per heavy atom. The smallest absolute Gasteiger partial charge is 0.310 e. The first-order chi connectivity index (χ1) is 14.1. The molecule has 1 fully saturated rings. The van der Waals surface area contributed by atoms with Crippen molar-refractivity contribution in [2.75, 3.05) is 13.7 Å². The number of likely N-dealkylation sites (N-methyl/N-ethyl adjacent to an activating group) is 1. The second-order valence-corrected chi connectivity index (χ2v) is 9.35. The second-order valence-electron chi connectivity index (χ2n) is 7.51. The molecule has 0 spiro atoms. The SMILES string of the molecule is CN(Cc1ccsc1)C(=O)COC(=O)C1CCCCC1c1nc2ccccc2s1. The van der Waals surface area contributed by atoms with Crippen LogP contribution in [0.2, 0.25) is 0 Å². The molecule has 2 heterocycles. The van der Waals surface area contributed by atoms with Crippen molar-refractivity contribution in [3.63, 3.8) is 0 Å². The van der Waals surface area contributed by atoms with Gasteiger partial charge in [-0.25, -0.2) is 4.98 Å². The predicted molar refractivity (Wildman–Crippen MR) is 116 cm³/mol. The fourth-order valence-corrected chi connectivity index (χ4v) is 5.68. The molecular weight excluding hydrogens is 404 g/mol. The molecule has 4 rings (SSSR count). The number of thiazole rings is 1. The van der Waals surface area contributed by atoms with Gasteiger partial charge in [-0.1, -0.05) is 25.0 Å².